The number of ether oxygens (including phenoxy) is 2. The molecule has 0 N–H and O–H groups in total. The van der Waals surface area contributed by atoms with E-state index >= 15 is 0 Å². The van der Waals surface area contributed by atoms with Crippen molar-refractivity contribution < 1.29 is 13.9 Å². The molecule has 160 valence electrons. The van der Waals surface area contributed by atoms with Gasteiger partial charge in [-0.1, -0.05) is 19.6 Å². The molecule has 0 radical (unpaired) electrons. The van der Waals surface area contributed by atoms with Crippen LogP contribution in [0.25, 0.3) is 22.4 Å². The molecule has 30 heavy (non-hydrogen) atoms. The SMILES string of the molecule is COc1ncnc(C2(F)CC2)c1-c1ncc2nn(COCC[Si](C)(C)C)c(Br)c2n1. The molecule has 0 aliphatic heterocycles. The second kappa shape index (κ2) is 7.93. The summed E-state index contributed by atoms with van der Waals surface area (Å²) in [5.74, 6) is 0.556. The highest BCUT2D eigenvalue weighted by Crippen LogP contribution is 2.52. The lowest BCUT2D eigenvalue weighted by atomic mass is 10.1. The second-order valence-corrected chi connectivity index (χ2v) is 15.0. The van der Waals surface area contributed by atoms with Crippen molar-refractivity contribution in [2.24, 2.45) is 0 Å². The fourth-order valence-electron chi connectivity index (χ4n) is 3.04. The number of nitrogens with zero attached hydrogens (tertiary/aromatic N) is 6. The van der Waals surface area contributed by atoms with Crippen molar-refractivity contribution in [3.05, 3.63) is 22.8 Å². The van der Waals surface area contributed by atoms with Crippen LogP contribution in [0.5, 0.6) is 5.88 Å². The van der Waals surface area contributed by atoms with Crippen molar-refractivity contribution in [2.75, 3.05) is 13.7 Å². The van der Waals surface area contributed by atoms with E-state index in [4.69, 9.17) is 9.47 Å². The number of rotatable bonds is 8. The highest BCUT2D eigenvalue weighted by atomic mass is 79.9. The molecule has 0 unspecified atom stereocenters. The molecular weight excluding hydrogens is 471 g/mol. The van der Waals surface area contributed by atoms with Crippen LogP contribution < -0.4 is 4.74 Å². The smallest absolute Gasteiger partial charge is 0.227 e. The zero-order valence-electron chi connectivity index (χ0n) is 17.4. The lowest BCUT2D eigenvalue weighted by Crippen LogP contribution is -2.22. The maximum absolute atomic E-state index is 14.9. The highest BCUT2D eigenvalue weighted by molar-refractivity contribution is 9.10. The first-order chi connectivity index (χ1) is 14.2. The summed E-state index contributed by atoms with van der Waals surface area (Å²) in [7, 11) is 0.330. The van der Waals surface area contributed by atoms with E-state index in [1.54, 1.807) is 10.9 Å². The molecule has 4 rings (SSSR count). The number of halogens is 2. The van der Waals surface area contributed by atoms with Crippen LogP contribution in [0.3, 0.4) is 0 Å². The summed E-state index contributed by atoms with van der Waals surface area (Å²) in [5.41, 5.74) is 0.391. The van der Waals surface area contributed by atoms with Crippen molar-refractivity contribution in [3.8, 4) is 17.3 Å². The van der Waals surface area contributed by atoms with Crippen molar-refractivity contribution in [1.29, 1.82) is 0 Å². The van der Waals surface area contributed by atoms with Crippen LogP contribution in [-0.4, -0.2) is 51.5 Å². The molecule has 1 aliphatic carbocycles. The van der Waals surface area contributed by atoms with Crippen LogP contribution in [0, 0.1) is 0 Å². The summed E-state index contributed by atoms with van der Waals surface area (Å²) in [4.78, 5) is 17.3. The fourth-order valence-corrected chi connectivity index (χ4v) is 4.27. The summed E-state index contributed by atoms with van der Waals surface area (Å²) < 4.78 is 28.4. The minimum absolute atomic E-state index is 0.251. The molecule has 0 bridgehead atoms. The minimum atomic E-state index is -1.48. The number of fused-ring (bicyclic) bond motifs is 1. The van der Waals surface area contributed by atoms with E-state index in [-0.39, 0.29) is 11.6 Å². The van der Waals surface area contributed by atoms with Crippen LogP contribution in [0.15, 0.2) is 17.1 Å². The van der Waals surface area contributed by atoms with E-state index in [2.05, 4.69) is 60.6 Å². The molecule has 0 aromatic carbocycles. The fraction of sp³-hybridized carbons (Fsp3) is 0.526. The van der Waals surface area contributed by atoms with Crippen LogP contribution in [0.1, 0.15) is 18.5 Å². The van der Waals surface area contributed by atoms with Crippen LogP contribution >= 0.6 is 15.9 Å². The number of methoxy groups -OCH3 is 1. The maximum atomic E-state index is 14.9. The third kappa shape index (κ3) is 4.23. The van der Waals surface area contributed by atoms with Gasteiger partial charge in [-0.3, -0.25) is 0 Å². The topological polar surface area (TPSA) is 87.8 Å². The Kier molecular flexibility index (Phi) is 5.62. The number of alkyl halides is 1. The predicted octanol–water partition coefficient (Wildman–Crippen LogP) is 4.33. The van der Waals surface area contributed by atoms with Gasteiger partial charge >= 0.3 is 0 Å². The van der Waals surface area contributed by atoms with Gasteiger partial charge in [0.25, 0.3) is 0 Å². The molecule has 3 aromatic rings. The molecule has 0 spiro atoms. The molecular formula is C19H24BrFN6O2Si. The van der Waals surface area contributed by atoms with Gasteiger partial charge in [-0.2, -0.15) is 5.10 Å². The first kappa shape index (κ1) is 21.3. The Morgan fingerprint density at radius 3 is 2.67 bits per heavy atom. The molecule has 8 nitrogen and oxygen atoms in total. The van der Waals surface area contributed by atoms with Gasteiger partial charge < -0.3 is 9.47 Å². The van der Waals surface area contributed by atoms with Gasteiger partial charge in [0.1, 0.15) is 34.3 Å². The molecule has 1 aliphatic rings. The molecule has 0 amide bonds. The predicted molar refractivity (Wildman–Crippen MR) is 117 cm³/mol. The first-order valence-corrected chi connectivity index (χ1v) is 14.3. The molecule has 0 saturated heterocycles. The zero-order chi connectivity index (χ0) is 21.5. The molecule has 3 aromatic heterocycles. The summed E-state index contributed by atoms with van der Waals surface area (Å²) >= 11 is 3.56. The van der Waals surface area contributed by atoms with Crippen LogP contribution in [0.2, 0.25) is 25.7 Å². The Bertz CT molecular complexity index is 1080. The van der Waals surface area contributed by atoms with E-state index in [0.29, 0.717) is 53.2 Å². The monoisotopic (exact) mass is 494 g/mol. The molecule has 0 atom stereocenters. The Morgan fingerprint density at radius 1 is 1.23 bits per heavy atom. The maximum Gasteiger partial charge on any atom is 0.227 e. The minimum Gasteiger partial charge on any atom is -0.480 e. The van der Waals surface area contributed by atoms with E-state index in [1.807, 2.05) is 0 Å². The highest BCUT2D eigenvalue weighted by Gasteiger charge is 2.49. The Morgan fingerprint density at radius 2 is 2.00 bits per heavy atom. The quantitative estimate of drug-likeness (QED) is 0.340. The summed E-state index contributed by atoms with van der Waals surface area (Å²) in [6.07, 6.45) is 3.74. The summed E-state index contributed by atoms with van der Waals surface area (Å²) in [6.45, 7) is 7.93. The average molecular weight is 495 g/mol. The third-order valence-corrected chi connectivity index (χ3v) is 7.46. The largest absolute Gasteiger partial charge is 0.480 e. The molecule has 3 heterocycles. The lowest BCUT2D eigenvalue weighted by Gasteiger charge is -2.15. The van der Waals surface area contributed by atoms with Crippen molar-refractivity contribution in [3.63, 3.8) is 0 Å². The van der Waals surface area contributed by atoms with Gasteiger partial charge in [-0.25, -0.2) is 29.0 Å². The lowest BCUT2D eigenvalue weighted by molar-refractivity contribution is 0.0775. The van der Waals surface area contributed by atoms with Crippen molar-refractivity contribution in [2.45, 2.75) is 50.9 Å². The van der Waals surface area contributed by atoms with Gasteiger partial charge in [0.05, 0.1) is 19.0 Å². The van der Waals surface area contributed by atoms with Gasteiger partial charge in [-0.05, 0) is 34.8 Å². The van der Waals surface area contributed by atoms with E-state index in [9.17, 15) is 4.39 Å². The van der Waals surface area contributed by atoms with Gasteiger partial charge in [0.2, 0.25) is 5.88 Å². The summed E-state index contributed by atoms with van der Waals surface area (Å²) in [5, 5.41) is 4.50. The number of hydrogen-bond donors (Lipinski definition) is 0. The van der Waals surface area contributed by atoms with Crippen LogP contribution in [-0.2, 0) is 17.1 Å². The average Bonchev–Trinajstić information content (AvgIpc) is 3.39. The molecule has 1 fully saturated rings. The van der Waals surface area contributed by atoms with Crippen molar-refractivity contribution >= 4 is 35.0 Å². The van der Waals surface area contributed by atoms with Gasteiger partial charge in [0, 0.05) is 14.7 Å². The summed E-state index contributed by atoms with van der Waals surface area (Å²) in [6, 6.07) is 1.08. The number of hydrogen-bond acceptors (Lipinski definition) is 7. The van der Waals surface area contributed by atoms with Gasteiger partial charge in [-0.15, -0.1) is 0 Å². The van der Waals surface area contributed by atoms with E-state index < -0.39 is 13.7 Å². The standard InChI is InChI=1S/C19H24BrFN6O2Si/c1-28-18-13(15(23-10-24-18)19(21)5-6-19)17-22-9-12-14(25-17)16(20)27(26-12)11-29-7-8-30(2,3)4/h9-10H,5-8,11H2,1-4H3. The molecule has 1 saturated carbocycles. The normalized spacial score (nSPS) is 15.5. The number of aromatic nitrogens is 6. The zero-order valence-corrected chi connectivity index (χ0v) is 20.0. The Balaban J connectivity index is 1.66. The first-order valence-electron chi connectivity index (χ1n) is 9.77. The Hall–Kier alpha value is -1.98. The van der Waals surface area contributed by atoms with E-state index in [0.717, 1.165) is 6.04 Å². The third-order valence-electron chi connectivity index (χ3n) is 4.97. The molecule has 11 heteroatoms. The van der Waals surface area contributed by atoms with Crippen LogP contribution in [0.4, 0.5) is 4.39 Å². The Labute approximate surface area is 183 Å². The van der Waals surface area contributed by atoms with Gasteiger partial charge in [0.15, 0.2) is 11.5 Å². The van der Waals surface area contributed by atoms with E-state index in [1.165, 1.54) is 13.4 Å². The second-order valence-electron chi connectivity index (χ2n) is 8.64. The van der Waals surface area contributed by atoms with Crippen molar-refractivity contribution in [1.82, 2.24) is 29.7 Å².